The summed E-state index contributed by atoms with van der Waals surface area (Å²) in [7, 11) is 0. The lowest BCUT2D eigenvalue weighted by Crippen LogP contribution is -2.29. The van der Waals surface area contributed by atoms with Gasteiger partial charge in [0, 0.05) is 13.0 Å². The first kappa shape index (κ1) is 14.5. The predicted octanol–water partition coefficient (Wildman–Crippen LogP) is 2.27. The van der Waals surface area contributed by atoms with Gasteiger partial charge >= 0.3 is 0 Å². The van der Waals surface area contributed by atoms with Gasteiger partial charge in [-0.25, -0.2) is 0 Å². The summed E-state index contributed by atoms with van der Waals surface area (Å²) in [6, 6.07) is 0. The third kappa shape index (κ3) is 3.15. The van der Waals surface area contributed by atoms with Crippen LogP contribution in [0.5, 0.6) is 0 Å². The van der Waals surface area contributed by atoms with Gasteiger partial charge in [0.15, 0.2) is 0 Å². The maximum atomic E-state index is 5.90. The molecule has 0 bridgehead atoms. The van der Waals surface area contributed by atoms with E-state index in [1.165, 1.54) is 6.42 Å². The highest BCUT2D eigenvalue weighted by Crippen LogP contribution is 2.31. The van der Waals surface area contributed by atoms with E-state index in [1.807, 2.05) is 6.92 Å². The van der Waals surface area contributed by atoms with Crippen molar-refractivity contribution in [1.29, 1.82) is 0 Å². The van der Waals surface area contributed by atoms with Crippen LogP contribution in [0.4, 0.5) is 0 Å². The normalized spacial score (nSPS) is 20.1. The molecule has 1 aromatic rings. The van der Waals surface area contributed by atoms with Crippen LogP contribution in [-0.2, 0) is 16.8 Å². The third-order valence-corrected chi connectivity index (χ3v) is 4.06. The molecule has 1 aliphatic heterocycles. The second-order valence-electron chi connectivity index (χ2n) is 5.21. The van der Waals surface area contributed by atoms with Crippen molar-refractivity contribution in [2.75, 3.05) is 19.7 Å². The van der Waals surface area contributed by atoms with E-state index in [0.29, 0.717) is 18.3 Å². The van der Waals surface area contributed by atoms with E-state index >= 15 is 0 Å². The number of rotatable bonds is 7. The summed E-state index contributed by atoms with van der Waals surface area (Å²) in [5.74, 6) is 2.08. The Morgan fingerprint density at radius 1 is 1.37 bits per heavy atom. The molecule has 2 heterocycles. The van der Waals surface area contributed by atoms with Crippen molar-refractivity contribution in [2.24, 2.45) is 5.92 Å². The van der Waals surface area contributed by atoms with Gasteiger partial charge in [0.1, 0.15) is 5.60 Å². The number of hydrogen-bond acceptors (Lipinski definition) is 5. The fourth-order valence-corrected chi connectivity index (χ4v) is 2.77. The molecule has 19 heavy (non-hydrogen) atoms. The van der Waals surface area contributed by atoms with Crippen LogP contribution in [-0.4, -0.2) is 29.8 Å². The summed E-state index contributed by atoms with van der Waals surface area (Å²) in [5.41, 5.74) is -0.384. The molecule has 2 rings (SSSR count). The monoisotopic (exact) mass is 267 g/mol. The minimum atomic E-state index is -0.384. The highest BCUT2D eigenvalue weighted by atomic mass is 16.5. The second kappa shape index (κ2) is 6.48. The molecule has 0 aliphatic carbocycles. The number of hydrogen-bond donors (Lipinski definition) is 1. The Labute approximate surface area is 115 Å². The third-order valence-electron chi connectivity index (χ3n) is 4.06. The fourth-order valence-electron chi connectivity index (χ4n) is 2.77. The first-order chi connectivity index (χ1) is 9.24. The van der Waals surface area contributed by atoms with Crippen LogP contribution in [0.1, 0.15) is 51.7 Å². The molecule has 0 aromatic carbocycles. The number of nitrogens with one attached hydrogen (secondary N) is 1. The predicted molar refractivity (Wildman–Crippen MR) is 72.9 cm³/mol. The van der Waals surface area contributed by atoms with Crippen molar-refractivity contribution in [3.63, 3.8) is 0 Å². The van der Waals surface area contributed by atoms with E-state index in [4.69, 9.17) is 9.26 Å². The van der Waals surface area contributed by atoms with E-state index in [9.17, 15) is 0 Å². The molecule has 5 heteroatoms. The Morgan fingerprint density at radius 3 is 2.74 bits per heavy atom. The second-order valence-corrected chi connectivity index (χ2v) is 5.21. The lowest BCUT2D eigenvalue weighted by Gasteiger charge is -2.27. The van der Waals surface area contributed by atoms with Gasteiger partial charge in [0.05, 0.1) is 0 Å². The van der Waals surface area contributed by atoms with Crippen molar-refractivity contribution in [1.82, 2.24) is 15.5 Å². The van der Waals surface area contributed by atoms with Crippen molar-refractivity contribution in [3.8, 4) is 0 Å². The van der Waals surface area contributed by atoms with Crippen molar-refractivity contribution in [3.05, 3.63) is 11.7 Å². The lowest BCUT2D eigenvalue weighted by molar-refractivity contribution is -0.0583. The summed E-state index contributed by atoms with van der Waals surface area (Å²) in [4.78, 5) is 4.58. The van der Waals surface area contributed by atoms with Gasteiger partial charge in [-0.05, 0) is 45.2 Å². The molecule has 1 fully saturated rings. The standard InChI is InChI=1S/C14H25N3O2/c1-4-14(5-2,18-6-3)13-16-12(19-17-13)9-11-7-8-15-10-11/h11,15H,4-10H2,1-3H3. The smallest absolute Gasteiger partial charge is 0.227 e. The molecule has 0 spiro atoms. The number of aromatic nitrogens is 2. The molecule has 1 unspecified atom stereocenters. The summed E-state index contributed by atoms with van der Waals surface area (Å²) < 4.78 is 11.3. The number of ether oxygens (including phenoxy) is 1. The maximum absolute atomic E-state index is 5.90. The zero-order valence-electron chi connectivity index (χ0n) is 12.2. The Kier molecular flexibility index (Phi) is 4.93. The highest BCUT2D eigenvalue weighted by molar-refractivity contribution is 5.01. The summed E-state index contributed by atoms with van der Waals surface area (Å²) >= 11 is 0. The first-order valence-corrected chi connectivity index (χ1v) is 7.41. The van der Waals surface area contributed by atoms with Gasteiger partial charge in [-0.1, -0.05) is 19.0 Å². The molecule has 1 atom stereocenters. The minimum absolute atomic E-state index is 0.384. The van der Waals surface area contributed by atoms with Gasteiger partial charge in [0.25, 0.3) is 0 Å². The van der Waals surface area contributed by atoms with Gasteiger partial charge in [-0.3, -0.25) is 0 Å². The van der Waals surface area contributed by atoms with Crippen molar-refractivity contribution in [2.45, 2.75) is 52.1 Å². The Bertz CT molecular complexity index is 382. The molecule has 1 N–H and O–H groups in total. The number of nitrogens with zero attached hydrogens (tertiary/aromatic N) is 2. The zero-order chi connectivity index (χ0) is 13.7. The van der Waals surface area contributed by atoms with Crippen molar-refractivity contribution >= 4 is 0 Å². The average molecular weight is 267 g/mol. The Balaban J connectivity index is 2.08. The van der Waals surface area contributed by atoms with Crippen molar-refractivity contribution < 1.29 is 9.26 Å². The highest BCUT2D eigenvalue weighted by Gasteiger charge is 2.34. The van der Waals surface area contributed by atoms with E-state index in [2.05, 4.69) is 29.3 Å². The molecule has 5 nitrogen and oxygen atoms in total. The maximum Gasteiger partial charge on any atom is 0.227 e. The largest absolute Gasteiger partial charge is 0.367 e. The molecule has 0 amide bonds. The fraction of sp³-hybridized carbons (Fsp3) is 0.857. The van der Waals surface area contributed by atoms with Crippen LogP contribution < -0.4 is 5.32 Å². The first-order valence-electron chi connectivity index (χ1n) is 7.41. The molecule has 1 aliphatic rings. The van der Waals surface area contributed by atoms with Gasteiger partial charge < -0.3 is 14.6 Å². The lowest BCUT2D eigenvalue weighted by atomic mass is 9.96. The molecular weight excluding hydrogens is 242 g/mol. The molecule has 1 saturated heterocycles. The van der Waals surface area contributed by atoms with E-state index in [1.54, 1.807) is 0 Å². The Hall–Kier alpha value is -0.940. The quantitative estimate of drug-likeness (QED) is 0.821. The topological polar surface area (TPSA) is 60.2 Å². The molecule has 0 saturated carbocycles. The minimum Gasteiger partial charge on any atom is -0.367 e. The summed E-state index contributed by atoms with van der Waals surface area (Å²) in [6.45, 7) is 9.03. The SMILES string of the molecule is CCOC(CC)(CC)c1noc(CC2CCNC2)n1. The van der Waals surface area contributed by atoms with Crippen LogP contribution in [0.3, 0.4) is 0 Å². The van der Waals surface area contributed by atoms with Crippen LogP contribution in [0.2, 0.25) is 0 Å². The molecule has 108 valence electrons. The molecular formula is C14H25N3O2. The van der Waals surface area contributed by atoms with Gasteiger partial charge in [0.2, 0.25) is 11.7 Å². The Morgan fingerprint density at radius 2 is 2.16 bits per heavy atom. The van der Waals surface area contributed by atoms with Crippen LogP contribution in [0.25, 0.3) is 0 Å². The van der Waals surface area contributed by atoms with E-state index in [0.717, 1.165) is 38.2 Å². The zero-order valence-corrected chi connectivity index (χ0v) is 12.2. The van der Waals surface area contributed by atoms with E-state index < -0.39 is 0 Å². The van der Waals surface area contributed by atoms with Crippen LogP contribution >= 0.6 is 0 Å². The van der Waals surface area contributed by atoms with Crippen LogP contribution in [0, 0.1) is 5.92 Å². The molecule has 0 radical (unpaired) electrons. The molecule has 1 aromatic heterocycles. The average Bonchev–Trinajstić information content (AvgIpc) is 3.09. The summed E-state index contributed by atoms with van der Waals surface area (Å²) in [5, 5.41) is 7.52. The van der Waals surface area contributed by atoms with E-state index in [-0.39, 0.29) is 5.60 Å². The van der Waals surface area contributed by atoms with Gasteiger partial charge in [-0.15, -0.1) is 0 Å². The summed E-state index contributed by atoms with van der Waals surface area (Å²) in [6.07, 6.45) is 3.79. The van der Waals surface area contributed by atoms with Crippen LogP contribution in [0.15, 0.2) is 4.52 Å². The van der Waals surface area contributed by atoms with Gasteiger partial charge in [-0.2, -0.15) is 4.98 Å².